The second kappa shape index (κ2) is 11.5. The average Bonchev–Trinajstić information content (AvgIpc) is 2.78. The molecule has 0 bridgehead atoms. The number of hydrogen-bond acceptors (Lipinski definition) is 4. The lowest BCUT2D eigenvalue weighted by atomic mass is 9.86. The largest absolute Gasteiger partial charge is 0.353 e. The number of aromatic nitrogens is 1. The minimum atomic E-state index is -0.0689. The van der Waals surface area contributed by atoms with Crippen molar-refractivity contribution in [2.45, 2.75) is 78.2 Å². The molecule has 0 radical (unpaired) electrons. The summed E-state index contributed by atoms with van der Waals surface area (Å²) < 4.78 is 0. The van der Waals surface area contributed by atoms with E-state index in [4.69, 9.17) is 0 Å². The van der Waals surface area contributed by atoms with Gasteiger partial charge < -0.3 is 15.1 Å². The Kier molecular flexibility index (Phi) is 8.73. The minimum absolute atomic E-state index is 0.0689. The number of piperazine rings is 1. The van der Waals surface area contributed by atoms with Crippen LogP contribution in [-0.2, 0) is 4.79 Å². The molecular formula is C25H40N4O2. The predicted molar refractivity (Wildman–Crippen MR) is 125 cm³/mol. The summed E-state index contributed by atoms with van der Waals surface area (Å²) in [4.78, 5) is 33.7. The van der Waals surface area contributed by atoms with Crippen molar-refractivity contribution < 1.29 is 9.59 Å². The Morgan fingerprint density at radius 2 is 1.77 bits per heavy atom. The molecule has 1 aromatic rings. The van der Waals surface area contributed by atoms with Crippen molar-refractivity contribution in [3.8, 4) is 0 Å². The quantitative estimate of drug-likeness (QED) is 0.672. The summed E-state index contributed by atoms with van der Waals surface area (Å²) in [5.74, 6) is 2.42. The molecule has 2 heterocycles. The Labute approximate surface area is 187 Å². The summed E-state index contributed by atoms with van der Waals surface area (Å²) in [6.07, 6.45) is 11.0. The van der Waals surface area contributed by atoms with E-state index in [1.807, 2.05) is 24.0 Å². The van der Waals surface area contributed by atoms with Gasteiger partial charge in [-0.2, -0.15) is 0 Å². The summed E-state index contributed by atoms with van der Waals surface area (Å²) in [6, 6.07) is 3.92. The number of carbonyl (C=O) groups is 2. The van der Waals surface area contributed by atoms with Crippen LogP contribution in [0.1, 0.15) is 82.5 Å². The molecule has 3 rings (SSSR count). The third-order valence-corrected chi connectivity index (χ3v) is 6.66. The first kappa shape index (κ1) is 23.6. The van der Waals surface area contributed by atoms with Crippen LogP contribution in [0.5, 0.6) is 0 Å². The van der Waals surface area contributed by atoms with Crippen LogP contribution < -0.4 is 10.2 Å². The Hall–Kier alpha value is -2.11. The van der Waals surface area contributed by atoms with Gasteiger partial charge in [-0.3, -0.25) is 9.59 Å². The van der Waals surface area contributed by atoms with Gasteiger partial charge >= 0.3 is 0 Å². The van der Waals surface area contributed by atoms with Crippen LogP contribution in [0.2, 0.25) is 0 Å². The number of nitrogens with one attached hydrogen (secondary N) is 1. The zero-order valence-corrected chi connectivity index (χ0v) is 19.6. The number of pyridine rings is 1. The molecular weight excluding hydrogens is 388 g/mol. The molecule has 2 amide bonds. The number of nitrogens with zero attached hydrogens (tertiary/aromatic N) is 3. The lowest BCUT2D eigenvalue weighted by Crippen LogP contribution is -2.49. The highest BCUT2D eigenvalue weighted by atomic mass is 16.2. The van der Waals surface area contributed by atoms with Crippen molar-refractivity contribution in [2.24, 2.45) is 11.8 Å². The molecule has 6 nitrogen and oxygen atoms in total. The molecule has 31 heavy (non-hydrogen) atoms. The van der Waals surface area contributed by atoms with Gasteiger partial charge in [-0.15, -0.1) is 0 Å². The zero-order chi connectivity index (χ0) is 22.2. The van der Waals surface area contributed by atoms with Crippen LogP contribution in [0.3, 0.4) is 0 Å². The van der Waals surface area contributed by atoms with E-state index in [1.165, 1.54) is 32.1 Å². The topological polar surface area (TPSA) is 65.5 Å². The van der Waals surface area contributed by atoms with Crippen LogP contribution >= 0.6 is 0 Å². The second-order valence-corrected chi connectivity index (χ2v) is 9.82. The number of rotatable bonds is 8. The van der Waals surface area contributed by atoms with E-state index in [9.17, 15) is 9.59 Å². The third kappa shape index (κ3) is 7.22. The highest BCUT2D eigenvalue weighted by Crippen LogP contribution is 2.27. The number of carbonyl (C=O) groups excluding carboxylic acids is 2. The Bertz CT molecular complexity index is 705. The monoisotopic (exact) mass is 428 g/mol. The van der Waals surface area contributed by atoms with Crippen molar-refractivity contribution in [3.05, 3.63) is 23.9 Å². The normalized spacial score (nSPS) is 18.8. The number of amides is 2. The van der Waals surface area contributed by atoms with Crippen molar-refractivity contribution in [3.63, 3.8) is 0 Å². The van der Waals surface area contributed by atoms with Gasteiger partial charge in [0.25, 0.3) is 5.91 Å². The molecule has 1 N–H and O–H groups in total. The molecule has 172 valence electrons. The van der Waals surface area contributed by atoms with Gasteiger partial charge in [-0.1, -0.05) is 46.0 Å². The fraction of sp³-hybridized carbons (Fsp3) is 0.720. The van der Waals surface area contributed by atoms with Gasteiger partial charge in [0.1, 0.15) is 5.82 Å². The highest BCUT2D eigenvalue weighted by molar-refractivity contribution is 5.94. The Morgan fingerprint density at radius 1 is 1.06 bits per heavy atom. The summed E-state index contributed by atoms with van der Waals surface area (Å²) >= 11 is 0. The van der Waals surface area contributed by atoms with E-state index in [-0.39, 0.29) is 11.9 Å². The zero-order valence-electron chi connectivity index (χ0n) is 19.6. The summed E-state index contributed by atoms with van der Waals surface area (Å²) in [7, 11) is 0. The van der Waals surface area contributed by atoms with Crippen LogP contribution in [0.15, 0.2) is 18.3 Å². The van der Waals surface area contributed by atoms with E-state index < -0.39 is 0 Å². The Balaban J connectivity index is 1.42. The average molecular weight is 429 g/mol. The summed E-state index contributed by atoms with van der Waals surface area (Å²) in [5.41, 5.74) is 0.593. The first-order chi connectivity index (χ1) is 14.9. The fourth-order valence-electron chi connectivity index (χ4n) is 4.93. The highest BCUT2D eigenvalue weighted by Gasteiger charge is 2.23. The van der Waals surface area contributed by atoms with Crippen molar-refractivity contribution in [2.75, 3.05) is 31.1 Å². The molecule has 0 aromatic carbocycles. The van der Waals surface area contributed by atoms with E-state index >= 15 is 0 Å². The molecule has 1 atom stereocenters. The van der Waals surface area contributed by atoms with E-state index in [1.54, 1.807) is 6.20 Å². The van der Waals surface area contributed by atoms with Crippen LogP contribution in [0, 0.1) is 11.8 Å². The Morgan fingerprint density at radius 3 is 2.39 bits per heavy atom. The van der Waals surface area contributed by atoms with Gasteiger partial charge in [0.05, 0.1) is 5.56 Å². The van der Waals surface area contributed by atoms with Gasteiger partial charge in [0.15, 0.2) is 0 Å². The molecule has 2 fully saturated rings. The van der Waals surface area contributed by atoms with Gasteiger partial charge in [-0.05, 0) is 43.7 Å². The molecule has 0 spiro atoms. The van der Waals surface area contributed by atoms with Crippen molar-refractivity contribution in [1.29, 1.82) is 0 Å². The second-order valence-electron chi connectivity index (χ2n) is 9.82. The predicted octanol–water partition coefficient (Wildman–Crippen LogP) is 4.26. The molecule has 1 unspecified atom stereocenters. The molecule has 1 saturated carbocycles. The maximum Gasteiger partial charge on any atom is 0.253 e. The smallest absolute Gasteiger partial charge is 0.253 e. The van der Waals surface area contributed by atoms with Gasteiger partial charge in [0.2, 0.25) is 5.91 Å². The molecule has 1 aliphatic carbocycles. The van der Waals surface area contributed by atoms with Crippen LogP contribution in [-0.4, -0.2) is 53.9 Å². The number of hydrogen-bond donors (Lipinski definition) is 1. The maximum atomic E-state index is 12.6. The van der Waals surface area contributed by atoms with Crippen molar-refractivity contribution >= 4 is 17.6 Å². The molecule has 1 saturated heterocycles. The van der Waals surface area contributed by atoms with Gasteiger partial charge in [-0.25, -0.2) is 4.98 Å². The van der Waals surface area contributed by atoms with Crippen molar-refractivity contribution in [1.82, 2.24) is 15.2 Å². The SMILES string of the molecule is CC(C)CC(C)NC(=O)c1ccc(N2CCN(C(=O)CCC3CCCCC3)CC2)nc1. The van der Waals surface area contributed by atoms with Gasteiger partial charge in [0, 0.05) is 44.8 Å². The van der Waals surface area contributed by atoms with E-state index in [2.05, 4.69) is 29.0 Å². The first-order valence-electron chi connectivity index (χ1n) is 12.2. The lowest BCUT2D eigenvalue weighted by Gasteiger charge is -2.35. The lowest BCUT2D eigenvalue weighted by molar-refractivity contribution is -0.131. The maximum absolute atomic E-state index is 12.6. The summed E-state index contributed by atoms with van der Waals surface area (Å²) in [5, 5.41) is 3.04. The van der Waals surface area contributed by atoms with Crippen LogP contribution in [0.25, 0.3) is 0 Å². The van der Waals surface area contributed by atoms with Crippen LogP contribution in [0.4, 0.5) is 5.82 Å². The fourth-order valence-corrected chi connectivity index (χ4v) is 4.93. The minimum Gasteiger partial charge on any atom is -0.353 e. The standard InChI is InChI=1S/C25H40N4O2/c1-19(2)17-20(3)27-25(31)22-10-11-23(26-18-22)28-13-15-29(16-14-28)24(30)12-9-21-7-5-4-6-8-21/h10-11,18-21H,4-9,12-17H2,1-3H3,(H,27,31). The molecule has 1 aliphatic heterocycles. The number of anilines is 1. The van der Waals surface area contributed by atoms with E-state index in [0.29, 0.717) is 23.8 Å². The van der Waals surface area contributed by atoms with E-state index in [0.717, 1.165) is 50.8 Å². The molecule has 1 aromatic heterocycles. The first-order valence-corrected chi connectivity index (χ1v) is 12.2. The molecule has 6 heteroatoms. The molecule has 2 aliphatic rings. The summed E-state index contributed by atoms with van der Waals surface area (Å²) in [6.45, 7) is 9.43. The third-order valence-electron chi connectivity index (χ3n) is 6.66.